The van der Waals surface area contributed by atoms with Gasteiger partial charge >= 0.3 is 0 Å². The average Bonchev–Trinajstić information content (AvgIpc) is 2.34. The van der Waals surface area contributed by atoms with Crippen LogP contribution in [0.2, 0.25) is 5.02 Å². The molecular formula is C13H16ClN3O3. The van der Waals surface area contributed by atoms with Crippen molar-refractivity contribution in [2.75, 3.05) is 0 Å². The molecule has 0 radical (unpaired) electrons. The van der Waals surface area contributed by atoms with Gasteiger partial charge in [-0.2, -0.15) is 5.10 Å². The van der Waals surface area contributed by atoms with Crippen LogP contribution in [0, 0.1) is 15.5 Å². The number of hydrazone groups is 1. The summed E-state index contributed by atoms with van der Waals surface area (Å²) in [4.78, 5) is 22.0. The van der Waals surface area contributed by atoms with Gasteiger partial charge in [0.2, 0.25) is 0 Å². The third-order valence-electron chi connectivity index (χ3n) is 2.82. The maximum Gasteiger partial charge on any atom is 0.288 e. The van der Waals surface area contributed by atoms with E-state index in [9.17, 15) is 14.9 Å². The van der Waals surface area contributed by atoms with Crippen LogP contribution in [0.1, 0.15) is 38.1 Å². The number of amides is 1. The first kappa shape index (κ1) is 16.1. The highest BCUT2D eigenvalue weighted by molar-refractivity contribution is 6.32. The van der Waals surface area contributed by atoms with Crippen LogP contribution >= 0.6 is 11.6 Å². The Balaban J connectivity index is 2.95. The molecule has 1 amide bonds. The number of hydrogen-bond donors (Lipinski definition) is 1. The Morgan fingerprint density at radius 2 is 2.00 bits per heavy atom. The van der Waals surface area contributed by atoms with Gasteiger partial charge in [0, 0.05) is 22.8 Å². The smallest absolute Gasteiger partial charge is 0.267 e. The number of nitro groups is 1. The monoisotopic (exact) mass is 297 g/mol. The van der Waals surface area contributed by atoms with Crippen molar-refractivity contribution in [1.29, 1.82) is 0 Å². The van der Waals surface area contributed by atoms with Gasteiger partial charge in [-0.25, -0.2) is 5.43 Å². The minimum Gasteiger partial charge on any atom is -0.267 e. The van der Waals surface area contributed by atoms with Gasteiger partial charge in [-0.3, -0.25) is 14.9 Å². The fourth-order valence-electron chi connectivity index (χ4n) is 1.16. The highest BCUT2D eigenvalue weighted by atomic mass is 35.5. The zero-order valence-corrected chi connectivity index (χ0v) is 12.5. The lowest BCUT2D eigenvalue weighted by Crippen LogP contribution is -2.24. The molecule has 0 fully saturated rings. The van der Waals surface area contributed by atoms with E-state index in [2.05, 4.69) is 10.5 Å². The molecule has 1 N–H and O–H groups in total. The summed E-state index contributed by atoms with van der Waals surface area (Å²) in [5.41, 5.74) is 2.77. The van der Waals surface area contributed by atoms with Crippen LogP contribution in [-0.2, 0) is 0 Å². The largest absolute Gasteiger partial charge is 0.288 e. The van der Waals surface area contributed by atoms with Gasteiger partial charge in [0.05, 0.1) is 4.92 Å². The molecule has 1 aromatic rings. The van der Waals surface area contributed by atoms with Crippen molar-refractivity contribution in [3.8, 4) is 0 Å². The summed E-state index contributed by atoms with van der Waals surface area (Å²) in [5, 5.41) is 14.7. The molecule has 0 atom stereocenters. The van der Waals surface area contributed by atoms with Crippen molar-refractivity contribution < 1.29 is 9.72 Å². The fraction of sp³-hybridized carbons (Fsp3) is 0.385. The van der Waals surface area contributed by atoms with Crippen molar-refractivity contribution in [1.82, 2.24) is 5.43 Å². The molecule has 0 aliphatic rings. The van der Waals surface area contributed by atoms with E-state index in [-0.39, 0.29) is 21.7 Å². The first-order chi connectivity index (χ1) is 9.12. The van der Waals surface area contributed by atoms with Crippen LogP contribution in [0.3, 0.4) is 0 Å². The number of rotatable bonds is 3. The Bertz CT molecular complexity index is 577. The van der Waals surface area contributed by atoms with Gasteiger partial charge in [-0.15, -0.1) is 0 Å². The zero-order valence-electron chi connectivity index (χ0n) is 11.7. The molecule has 0 saturated heterocycles. The molecule has 6 nitrogen and oxygen atoms in total. The van der Waals surface area contributed by atoms with E-state index < -0.39 is 10.8 Å². The first-order valence-electron chi connectivity index (χ1n) is 5.92. The SMILES string of the molecule is C/C(=N\NC(=O)c1ccc(Cl)c([N+](=O)[O-])c1)C(C)(C)C. The quantitative estimate of drug-likeness (QED) is 0.527. The topological polar surface area (TPSA) is 84.6 Å². The van der Waals surface area contributed by atoms with Crippen LogP contribution in [0.5, 0.6) is 0 Å². The normalized spacial score (nSPS) is 12.2. The molecule has 0 unspecified atom stereocenters. The Kier molecular flexibility index (Phi) is 4.83. The summed E-state index contributed by atoms with van der Waals surface area (Å²) in [6, 6.07) is 3.85. The number of nitro benzene ring substituents is 1. The van der Waals surface area contributed by atoms with Gasteiger partial charge in [-0.1, -0.05) is 32.4 Å². The number of carbonyl (C=O) groups is 1. The summed E-state index contributed by atoms with van der Waals surface area (Å²) in [7, 11) is 0. The lowest BCUT2D eigenvalue weighted by molar-refractivity contribution is -0.384. The van der Waals surface area contributed by atoms with Gasteiger partial charge in [-0.05, 0) is 19.1 Å². The number of benzene rings is 1. The molecule has 0 bridgehead atoms. The molecular weight excluding hydrogens is 282 g/mol. The summed E-state index contributed by atoms with van der Waals surface area (Å²) in [6.45, 7) is 7.69. The van der Waals surface area contributed by atoms with Crippen molar-refractivity contribution in [2.45, 2.75) is 27.7 Å². The van der Waals surface area contributed by atoms with Crippen LogP contribution < -0.4 is 5.43 Å². The minimum absolute atomic E-state index is 0.0130. The molecule has 1 rings (SSSR count). The molecule has 0 aromatic heterocycles. The Hall–Kier alpha value is -1.95. The van der Waals surface area contributed by atoms with Crippen LogP contribution in [0.4, 0.5) is 5.69 Å². The zero-order chi connectivity index (χ0) is 15.5. The van der Waals surface area contributed by atoms with E-state index in [4.69, 9.17) is 11.6 Å². The Morgan fingerprint density at radius 1 is 1.40 bits per heavy atom. The third kappa shape index (κ3) is 4.03. The number of carbonyl (C=O) groups excluding carboxylic acids is 1. The van der Waals surface area contributed by atoms with E-state index in [1.54, 1.807) is 6.92 Å². The second-order valence-electron chi connectivity index (χ2n) is 5.31. The molecule has 1 aromatic carbocycles. The molecule has 0 aliphatic heterocycles. The first-order valence-corrected chi connectivity index (χ1v) is 6.30. The average molecular weight is 298 g/mol. The molecule has 0 saturated carbocycles. The predicted molar refractivity (Wildman–Crippen MR) is 78.1 cm³/mol. The Morgan fingerprint density at radius 3 is 2.50 bits per heavy atom. The summed E-state index contributed by atoms with van der Waals surface area (Å²) >= 11 is 5.68. The molecule has 0 heterocycles. The van der Waals surface area contributed by atoms with E-state index >= 15 is 0 Å². The molecule has 20 heavy (non-hydrogen) atoms. The Labute approximate surface area is 122 Å². The molecule has 0 aliphatic carbocycles. The highest BCUT2D eigenvalue weighted by Crippen LogP contribution is 2.25. The van der Waals surface area contributed by atoms with Crippen molar-refractivity contribution in [3.63, 3.8) is 0 Å². The van der Waals surface area contributed by atoms with Gasteiger partial charge in [0.15, 0.2) is 0 Å². The molecule has 7 heteroatoms. The van der Waals surface area contributed by atoms with Crippen LogP contribution in [0.25, 0.3) is 0 Å². The fourth-order valence-corrected chi connectivity index (χ4v) is 1.35. The molecule has 0 spiro atoms. The van der Waals surface area contributed by atoms with Gasteiger partial charge in [0.25, 0.3) is 11.6 Å². The number of nitrogens with zero attached hydrogens (tertiary/aromatic N) is 2. The van der Waals surface area contributed by atoms with Crippen molar-refractivity contribution >= 4 is 28.9 Å². The van der Waals surface area contributed by atoms with Crippen molar-refractivity contribution in [2.24, 2.45) is 10.5 Å². The van der Waals surface area contributed by atoms with E-state index in [0.29, 0.717) is 0 Å². The lowest BCUT2D eigenvalue weighted by atomic mass is 9.91. The van der Waals surface area contributed by atoms with Gasteiger partial charge < -0.3 is 0 Å². The van der Waals surface area contributed by atoms with E-state index in [1.165, 1.54) is 12.1 Å². The molecule has 108 valence electrons. The van der Waals surface area contributed by atoms with Gasteiger partial charge in [0.1, 0.15) is 5.02 Å². The maximum absolute atomic E-state index is 11.9. The van der Waals surface area contributed by atoms with E-state index in [0.717, 1.165) is 11.8 Å². The second-order valence-corrected chi connectivity index (χ2v) is 5.72. The highest BCUT2D eigenvalue weighted by Gasteiger charge is 2.17. The number of halogens is 1. The number of hydrogen-bond acceptors (Lipinski definition) is 4. The van der Waals surface area contributed by atoms with E-state index in [1.807, 2.05) is 20.8 Å². The lowest BCUT2D eigenvalue weighted by Gasteiger charge is -2.17. The third-order valence-corrected chi connectivity index (χ3v) is 3.14. The number of nitrogens with one attached hydrogen (secondary N) is 1. The summed E-state index contributed by atoms with van der Waals surface area (Å²) in [6.07, 6.45) is 0. The second kappa shape index (κ2) is 6.00. The van der Waals surface area contributed by atoms with Crippen molar-refractivity contribution in [3.05, 3.63) is 38.9 Å². The van der Waals surface area contributed by atoms with Crippen LogP contribution in [-0.4, -0.2) is 16.5 Å². The maximum atomic E-state index is 11.9. The van der Waals surface area contributed by atoms with Crippen LogP contribution in [0.15, 0.2) is 23.3 Å². The predicted octanol–water partition coefficient (Wildman–Crippen LogP) is 3.40. The summed E-state index contributed by atoms with van der Waals surface area (Å²) in [5.74, 6) is -0.520. The standard InChI is InChI=1S/C13H16ClN3O3/c1-8(13(2,3)4)15-16-12(18)9-5-6-10(14)11(7-9)17(19)20/h5-7H,1-4H3,(H,16,18)/b15-8+. The minimum atomic E-state index is -0.636. The summed E-state index contributed by atoms with van der Waals surface area (Å²) < 4.78 is 0.